The summed E-state index contributed by atoms with van der Waals surface area (Å²) in [4.78, 5) is 12.3. The van der Waals surface area contributed by atoms with Gasteiger partial charge in [0.2, 0.25) is 0 Å². The summed E-state index contributed by atoms with van der Waals surface area (Å²) in [5.74, 6) is -0.132. The van der Waals surface area contributed by atoms with E-state index in [2.05, 4.69) is 31.4 Å². The van der Waals surface area contributed by atoms with Gasteiger partial charge in [-0.05, 0) is 44.5 Å². The lowest BCUT2D eigenvalue weighted by molar-refractivity contribution is 0.0938. The Hall–Kier alpha value is -1.75. The predicted molar refractivity (Wildman–Crippen MR) is 81.5 cm³/mol. The van der Waals surface area contributed by atoms with Gasteiger partial charge in [0.05, 0.1) is 23.0 Å². The monoisotopic (exact) mass is 333 g/mol. The van der Waals surface area contributed by atoms with E-state index < -0.39 is 0 Å². The van der Waals surface area contributed by atoms with E-state index in [0.29, 0.717) is 11.3 Å². The van der Waals surface area contributed by atoms with Crippen LogP contribution in [0.3, 0.4) is 0 Å². The minimum atomic E-state index is -0.132. The number of halogens is 1. The molecule has 0 radical (unpaired) electrons. The van der Waals surface area contributed by atoms with Gasteiger partial charge in [-0.2, -0.15) is 10.2 Å². The van der Waals surface area contributed by atoms with Crippen molar-refractivity contribution in [2.75, 3.05) is 0 Å². The molecule has 4 nitrogen and oxygen atoms in total. The first-order valence-corrected chi connectivity index (χ1v) is 7.14. The van der Waals surface area contributed by atoms with Crippen LogP contribution < -0.4 is 5.32 Å². The summed E-state index contributed by atoms with van der Waals surface area (Å²) < 4.78 is 0.994. The van der Waals surface area contributed by atoms with Crippen molar-refractivity contribution in [2.24, 2.45) is 0 Å². The smallest absolute Gasteiger partial charge is 0.253 e. The van der Waals surface area contributed by atoms with E-state index in [1.54, 1.807) is 13.0 Å². The van der Waals surface area contributed by atoms with Crippen LogP contribution in [0.5, 0.6) is 0 Å². The molecular weight excluding hydrogens is 318 g/mol. The molecule has 0 spiro atoms. The first-order chi connectivity index (χ1) is 9.47. The third-order valence-electron chi connectivity index (χ3n) is 3.04. The number of aryl methyl sites for hydroxylation is 2. The molecule has 1 aromatic heterocycles. The number of amides is 1. The maximum absolute atomic E-state index is 12.3. The van der Waals surface area contributed by atoms with Gasteiger partial charge in [-0.1, -0.05) is 28.1 Å². The summed E-state index contributed by atoms with van der Waals surface area (Å²) >= 11 is 3.43. The van der Waals surface area contributed by atoms with Crippen molar-refractivity contribution in [3.8, 4) is 0 Å². The largest absolute Gasteiger partial charge is 0.345 e. The Balaban J connectivity index is 2.17. The number of hydrogen-bond acceptors (Lipinski definition) is 3. The lowest BCUT2D eigenvalue weighted by Crippen LogP contribution is -2.27. The van der Waals surface area contributed by atoms with Crippen molar-refractivity contribution in [2.45, 2.75) is 26.8 Å². The number of carbonyl (C=O) groups is 1. The van der Waals surface area contributed by atoms with E-state index in [9.17, 15) is 4.79 Å². The zero-order valence-corrected chi connectivity index (χ0v) is 13.2. The van der Waals surface area contributed by atoms with Crippen molar-refractivity contribution in [1.29, 1.82) is 0 Å². The molecule has 1 heterocycles. The Morgan fingerprint density at radius 3 is 2.70 bits per heavy atom. The standard InChI is InChI=1S/C15H16BrN3O/c1-9-7-14(11(3)19-18-9)15(20)17-10(2)12-5-4-6-13(16)8-12/h4-8,10H,1-3H3,(H,17,20). The highest BCUT2D eigenvalue weighted by molar-refractivity contribution is 9.10. The second kappa shape index (κ2) is 6.13. The second-order valence-electron chi connectivity index (χ2n) is 4.73. The van der Waals surface area contributed by atoms with Gasteiger partial charge >= 0.3 is 0 Å². The molecule has 0 bridgehead atoms. The SMILES string of the molecule is Cc1cc(C(=O)NC(C)c2cccc(Br)c2)c(C)nn1. The zero-order valence-electron chi connectivity index (χ0n) is 11.6. The lowest BCUT2D eigenvalue weighted by atomic mass is 10.1. The molecule has 2 rings (SSSR count). The number of aromatic nitrogens is 2. The third kappa shape index (κ3) is 3.42. The molecule has 1 amide bonds. The second-order valence-corrected chi connectivity index (χ2v) is 5.65. The topological polar surface area (TPSA) is 54.9 Å². The van der Waals surface area contributed by atoms with E-state index in [4.69, 9.17) is 0 Å². The van der Waals surface area contributed by atoms with E-state index in [1.807, 2.05) is 38.1 Å². The van der Waals surface area contributed by atoms with Crippen LogP contribution in [0.25, 0.3) is 0 Å². The number of hydrogen-bond donors (Lipinski definition) is 1. The Morgan fingerprint density at radius 1 is 1.25 bits per heavy atom. The first-order valence-electron chi connectivity index (χ1n) is 6.34. The molecule has 1 aromatic carbocycles. The van der Waals surface area contributed by atoms with Crippen LogP contribution in [0.15, 0.2) is 34.8 Å². The van der Waals surface area contributed by atoms with Crippen LogP contribution in [-0.4, -0.2) is 16.1 Å². The van der Waals surface area contributed by atoms with Crippen LogP contribution in [0.4, 0.5) is 0 Å². The molecular formula is C15H16BrN3O. The molecule has 0 aliphatic heterocycles. The van der Waals surface area contributed by atoms with Gasteiger partial charge in [-0.15, -0.1) is 0 Å². The Labute approximate surface area is 126 Å². The van der Waals surface area contributed by atoms with Crippen LogP contribution >= 0.6 is 15.9 Å². The van der Waals surface area contributed by atoms with Crippen molar-refractivity contribution in [3.05, 3.63) is 57.3 Å². The Morgan fingerprint density at radius 2 is 2.00 bits per heavy atom. The Bertz CT molecular complexity index is 643. The molecule has 0 aliphatic carbocycles. The van der Waals surface area contributed by atoms with Gasteiger partial charge in [-0.25, -0.2) is 0 Å². The highest BCUT2D eigenvalue weighted by atomic mass is 79.9. The van der Waals surface area contributed by atoms with Gasteiger partial charge in [0.25, 0.3) is 5.91 Å². The molecule has 104 valence electrons. The summed E-state index contributed by atoms with van der Waals surface area (Å²) in [6.07, 6.45) is 0. The molecule has 1 N–H and O–H groups in total. The molecule has 5 heteroatoms. The fourth-order valence-corrected chi connectivity index (χ4v) is 2.33. The highest BCUT2D eigenvalue weighted by Crippen LogP contribution is 2.18. The first kappa shape index (κ1) is 14.7. The van der Waals surface area contributed by atoms with Crippen molar-refractivity contribution in [1.82, 2.24) is 15.5 Å². The van der Waals surface area contributed by atoms with Gasteiger partial charge in [0.1, 0.15) is 0 Å². The van der Waals surface area contributed by atoms with Gasteiger partial charge in [0, 0.05) is 4.47 Å². The van der Waals surface area contributed by atoms with Gasteiger partial charge < -0.3 is 5.32 Å². The fourth-order valence-electron chi connectivity index (χ4n) is 1.91. The van der Waals surface area contributed by atoms with Crippen molar-refractivity contribution < 1.29 is 4.79 Å². The Kier molecular flexibility index (Phi) is 4.49. The van der Waals surface area contributed by atoms with Crippen LogP contribution in [-0.2, 0) is 0 Å². The van der Waals surface area contributed by atoms with Gasteiger partial charge in [0.15, 0.2) is 0 Å². The number of rotatable bonds is 3. The third-order valence-corrected chi connectivity index (χ3v) is 3.53. The van der Waals surface area contributed by atoms with Crippen LogP contribution in [0.2, 0.25) is 0 Å². The number of nitrogens with zero attached hydrogens (tertiary/aromatic N) is 2. The lowest BCUT2D eigenvalue weighted by Gasteiger charge is -2.15. The molecule has 0 aliphatic rings. The van der Waals surface area contributed by atoms with E-state index >= 15 is 0 Å². The van der Waals surface area contributed by atoms with Gasteiger partial charge in [-0.3, -0.25) is 4.79 Å². The molecule has 1 atom stereocenters. The summed E-state index contributed by atoms with van der Waals surface area (Å²) in [7, 11) is 0. The predicted octanol–water partition coefficient (Wildman–Crippen LogP) is 3.35. The molecule has 0 saturated carbocycles. The van der Waals surface area contributed by atoms with E-state index in [-0.39, 0.29) is 11.9 Å². The van der Waals surface area contributed by atoms with E-state index in [1.165, 1.54) is 0 Å². The molecule has 20 heavy (non-hydrogen) atoms. The maximum Gasteiger partial charge on any atom is 0.253 e. The number of carbonyl (C=O) groups excluding carboxylic acids is 1. The summed E-state index contributed by atoms with van der Waals surface area (Å²) in [6, 6.07) is 9.56. The van der Waals surface area contributed by atoms with E-state index in [0.717, 1.165) is 15.7 Å². The fraction of sp³-hybridized carbons (Fsp3) is 0.267. The molecule has 1 unspecified atom stereocenters. The van der Waals surface area contributed by atoms with Crippen LogP contribution in [0, 0.1) is 13.8 Å². The average Bonchev–Trinajstić information content (AvgIpc) is 2.41. The quantitative estimate of drug-likeness (QED) is 0.937. The maximum atomic E-state index is 12.3. The summed E-state index contributed by atoms with van der Waals surface area (Å²) in [5.41, 5.74) is 2.98. The molecule has 0 fully saturated rings. The zero-order chi connectivity index (χ0) is 14.7. The number of benzene rings is 1. The number of nitrogens with one attached hydrogen (secondary N) is 1. The molecule has 2 aromatic rings. The average molecular weight is 334 g/mol. The molecule has 0 saturated heterocycles. The summed E-state index contributed by atoms with van der Waals surface area (Å²) in [6.45, 7) is 5.56. The summed E-state index contributed by atoms with van der Waals surface area (Å²) in [5, 5.41) is 10.9. The minimum absolute atomic E-state index is 0.0760. The highest BCUT2D eigenvalue weighted by Gasteiger charge is 2.14. The van der Waals surface area contributed by atoms with Crippen LogP contribution in [0.1, 0.15) is 40.3 Å². The minimum Gasteiger partial charge on any atom is -0.345 e. The van der Waals surface area contributed by atoms with Crippen molar-refractivity contribution >= 4 is 21.8 Å². The normalized spacial score (nSPS) is 12.0. The van der Waals surface area contributed by atoms with Crippen molar-refractivity contribution in [3.63, 3.8) is 0 Å².